The molecule has 0 radical (unpaired) electrons. The van der Waals surface area contributed by atoms with E-state index in [1.807, 2.05) is 24.3 Å². The first-order valence-corrected chi connectivity index (χ1v) is 21.1. The molecule has 0 bridgehead atoms. The number of fused-ring (bicyclic) bond motifs is 11. The molecule has 3 aromatic heterocycles. The predicted molar refractivity (Wildman–Crippen MR) is 258 cm³/mol. The smallest absolute Gasteiger partial charge is 0.159 e. The molecule has 13 rings (SSSR count). The molecule has 0 spiro atoms. The highest BCUT2D eigenvalue weighted by molar-refractivity contribution is 6.19. The molecule has 13 aromatic rings. The first kappa shape index (κ1) is 34.5. The normalized spacial score (nSPS) is 11.9. The van der Waals surface area contributed by atoms with Gasteiger partial charge in [-0.2, -0.15) is 0 Å². The number of nitrogens with zero attached hydrogens (tertiary/aromatic N) is 2. The molecule has 0 saturated carbocycles. The third-order valence-electron chi connectivity index (χ3n) is 12.6. The largest absolute Gasteiger partial charge is 0.456 e. The van der Waals surface area contributed by atoms with Crippen molar-refractivity contribution in [2.45, 2.75) is 0 Å². The number of furan rings is 2. The van der Waals surface area contributed by atoms with E-state index in [2.05, 4.69) is 204 Å². The van der Waals surface area contributed by atoms with Gasteiger partial charge in [-0.3, -0.25) is 0 Å². The lowest BCUT2D eigenvalue weighted by atomic mass is 9.92. The molecule has 0 fully saturated rings. The Balaban J connectivity index is 1.08. The van der Waals surface area contributed by atoms with Crippen LogP contribution in [0.25, 0.3) is 104 Å². The van der Waals surface area contributed by atoms with Gasteiger partial charge in [-0.25, -0.2) is 0 Å². The van der Waals surface area contributed by atoms with Crippen LogP contribution in [0.5, 0.6) is 0 Å². The second kappa shape index (κ2) is 13.6. The minimum Gasteiger partial charge on any atom is -0.456 e. The minimum absolute atomic E-state index is 0.833. The molecule has 0 amide bonds. The van der Waals surface area contributed by atoms with Crippen molar-refractivity contribution in [3.8, 4) is 27.9 Å². The first-order chi connectivity index (χ1) is 30.8. The van der Waals surface area contributed by atoms with Crippen LogP contribution in [0.2, 0.25) is 0 Å². The number of benzene rings is 10. The van der Waals surface area contributed by atoms with Gasteiger partial charge in [0.25, 0.3) is 0 Å². The molecule has 0 atom stereocenters. The highest BCUT2D eigenvalue weighted by Crippen LogP contribution is 2.47. The number of hydrogen-bond acceptors (Lipinski definition) is 3. The summed E-state index contributed by atoms with van der Waals surface area (Å²) in [5, 5.41) is 9.24. The van der Waals surface area contributed by atoms with E-state index in [0.717, 1.165) is 88.9 Å². The summed E-state index contributed by atoms with van der Waals surface area (Å²) in [6, 6.07) is 78.1. The molecule has 10 aromatic carbocycles. The maximum Gasteiger partial charge on any atom is 0.159 e. The average Bonchev–Trinajstić information content (AvgIpc) is 4.02. The zero-order valence-electron chi connectivity index (χ0n) is 33.5. The van der Waals surface area contributed by atoms with Crippen LogP contribution in [0.4, 0.5) is 17.1 Å². The van der Waals surface area contributed by atoms with Crippen LogP contribution in [0.15, 0.2) is 227 Å². The molecule has 0 unspecified atom stereocenters. The molecule has 290 valence electrons. The number of anilines is 3. The van der Waals surface area contributed by atoms with Gasteiger partial charge in [-0.1, -0.05) is 158 Å². The molecule has 0 aliphatic rings. The van der Waals surface area contributed by atoms with Gasteiger partial charge in [-0.05, 0) is 82.7 Å². The lowest BCUT2D eigenvalue weighted by Gasteiger charge is -2.27. The maximum absolute atomic E-state index is 6.75. The SMILES string of the molecule is c1ccc(-c2cc(N(c3ccc4oc5ccccc5c4c3)c3cccc4c3oc3ccccc34)ccc2-c2ccccc2-n2c3ccccc3c3ccc4ccccc4c32)cc1. The standard InChI is InChI=1S/C58H36N2O2/c1-2-15-37(16-3-1)49-35-39(30-33-42(49)43-19-6-10-24-51(43)60-52-25-11-7-20-44(52)47-32-29-38-17-4-5-18-41(38)57(47)60)59(40-31-34-56-50(36-40)46-22-9-12-27-54(46)61-56)53-26-14-23-48-45-21-8-13-28-55(45)62-58(48)53/h1-36H. The zero-order chi connectivity index (χ0) is 40.7. The van der Waals surface area contributed by atoms with Crippen LogP contribution in [-0.4, -0.2) is 4.57 Å². The summed E-state index contributed by atoms with van der Waals surface area (Å²) in [4.78, 5) is 2.34. The van der Waals surface area contributed by atoms with Crippen LogP contribution < -0.4 is 4.90 Å². The lowest BCUT2D eigenvalue weighted by Crippen LogP contribution is -2.10. The Kier molecular flexibility index (Phi) is 7.57. The Bertz CT molecular complexity index is 3890. The van der Waals surface area contributed by atoms with Gasteiger partial charge in [-0.15, -0.1) is 0 Å². The predicted octanol–water partition coefficient (Wildman–Crippen LogP) is 16.5. The Hall–Kier alpha value is -8.34. The lowest BCUT2D eigenvalue weighted by molar-refractivity contribution is 0.669. The van der Waals surface area contributed by atoms with Crippen LogP contribution in [0, 0.1) is 0 Å². The van der Waals surface area contributed by atoms with Crippen molar-refractivity contribution in [1.29, 1.82) is 0 Å². The summed E-state index contributed by atoms with van der Waals surface area (Å²) in [5.74, 6) is 0. The van der Waals surface area contributed by atoms with Crippen LogP contribution >= 0.6 is 0 Å². The van der Waals surface area contributed by atoms with Crippen LogP contribution in [-0.2, 0) is 0 Å². The maximum atomic E-state index is 6.75. The van der Waals surface area contributed by atoms with E-state index in [4.69, 9.17) is 8.83 Å². The van der Waals surface area contributed by atoms with E-state index < -0.39 is 0 Å². The van der Waals surface area contributed by atoms with Gasteiger partial charge in [0.05, 0.1) is 22.4 Å². The first-order valence-electron chi connectivity index (χ1n) is 21.1. The number of aromatic nitrogens is 1. The fourth-order valence-electron chi connectivity index (χ4n) is 9.83. The highest BCUT2D eigenvalue weighted by Gasteiger charge is 2.24. The fourth-order valence-corrected chi connectivity index (χ4v) is 9.83. The highest BCUT2D eigenvalue weighted by atomic mass is 16.3. The summed E-state index contributed by atoms with van der Waals surface area (Å²) in [6.45, 7) is 0. The Morgan fingerprint density at radius 2 is 1.00 bits per heavy atom. The summed E-state index contributed by atoms with van der Waals surface area (Å²) in [5.41, 5.74) is 14.4. The van der Waals surface area contributed by atoms with E-state index >= 15 is 0 Å². The van der Waals surface area contributed by atoms with Gasteiger partial charge < -0.3 is 18.3 Å². The molecule has 0 aliphatic heterocycles. The molecule has 0 aliphatic carbocycles. The molecule has 4 heteroatoms. The molecule has 4 nitrogen and oxygen atoms in total. The summed E-state index contributed by atoms with van der Waals surface area (Å²) in [7, 11) is 0. The Morgan fingerprint density at radius 3 is 1.87 bits per heavy atom. The molecule has 3 heterocycles. The second-order valence-electron chi connectivity index (χ2n) is 16.0. The van der Waals surface area contributed by atoms with E-state index in [9.17, 15) is 0 Å². The second-order valence-corrected chi connectivity index (χ2v) is 16.0. The van der Waals surface area contributed by atoms with Gasteiger partial charge in [0.2, 0.25) is 0 Å². The Morgan fingerprint density at radius 1 is 0.355 bits per heavy atom. The number of para-hydroxylation sites is 5. The summed E-state index contributed by atoms with van der Waals surface area (Å²) < 4.78 is 15.6. The third-order valence-corrected chi connectivity index (χ3v) is 12.6. The third kappa shape index (κ3) is 5.20. The average molecular weight is 793 g/mol. The van der Waals surface area contributed by atoms with Gasteiger partial charge in [0.1, 0.15) is 16.7 Å². The topological polar surface area (TPSA) is 34.5 Å². The van der Waals surface area contributed by atoms with Crippen molar-refractivity contribution in [3.05, 3.63) is 218 Å². The molecule has 62 heavy (non-hydrogen) atoms. The number of rotatable bonds is 6. The van der Waals surface area contributed by atoms with Crippen LogP contribution in [0.3, 0.4) is 0 Å². The van der Waals surface area contributed by atoms with Gasteiger partial charge in [0.15, 0.2) is 5.58 Å². The van der Waals surface area contributed by atoms with E-state index in [1.54, 1.807) is 0 Å². The molecule has 0 N–H and O–H groups in total. The quantitative estimate of drug-likeness (QED) is 0.168. The minimum atomic E-state index is 0.833. The fraction of sp³-hybridized carbons (Fsp3) is 0. The van der Waals surface area contributed by atoms with Crippen molar-refractivity contribution in [2.24, 2.45) is 0 Å². The zero-order valence-corrected chi connectivity index (χ0v) is 33.5. The summed E-state index contributed by atoms with van der Waals surface area (Å²) in [6.07, 6.45) is 0. The van der Waals surface area contributed by atoms with Gasteiger partial charge >= 0.3 is 0 Å². The van der Waals surface area contributed by atoms with E-state index in [1.165, 1.54) is 32.6 Å². The van der Waals surface area contributed by atoms with Crippen molar-refractivity contribution >= 4 is 93.5 Å². The van der Waals surface area contributed by atoms with Crippen molar-refractivity contribution < 1.29 is 8.83 Å². The monoisotopic (exact) mass is 792 g/mol. The summed E-state index contributed by atoms with van der Waals surface area (Å²) >= 11 is 0. The van der Waals surface area contributed by atoms with Crippen LogP contribution in [0.1, 0.15) is 0 Å². The Labute approximate surface area is 356 Å². The van der Waals surface area contributed by atoms with Crippen molar-refractivity contribution in [2.75, 3.05) is 4.90 Å². The van der Waals surface area contributed by atoms with E-state index in [-0.39, 0.29) is 0 Å². The molecule has 0 saturated heterocycles. The van der Waals surface area contributed by atoms with Crippen molar-refractivity contribution in [3.63, 3.8) is 0 Å². The van der Waals surface area contributed by atoms with Crippen molar-refractivity contribution in [1.82, 2.24) is 4.57 Å². The molecular weight excluding hydrogens is 757 g/mol. The van der Waals surface area contributed by atoms with Gasteiger partial charge in [0, 0.05) is 54.6 Å². The number of hydrogen-bond donors (Lipinski definition) is 0. The molecular formula is C58H36N2O2. The van der Waals surface area contributed by atoms with E-state index in [0.29, 0.717) is 0 Å².